The van der Waals surface area contributed by atoms with Gasteiger partial charge in [-0.15, -0.1) is 0 Å². The first-order chi connectivity index (χ1) is 12.9. The molecule has 27 heavy (non-hydrogen) atoms. The van der Waals surface area contributed by atoms with E-state index in [1.165, 1.54) is 11.8 Å². The van der Waals surface area contributed by atoms with Crippen LogP contribution in [-0.4, -0.2) is 26.5 Å². The van der Waals surface area contributed by atoms with E-state index in [0.29, 0.717) is 34.2 Å². The summed E-state index contributed by atoms with van der Waals surface area (Å²) in [5.41, 5.74) is 2.35. The van der Waals surface area contributed by atoms with Crippen molar-refractivity contribution in [2.75, 3.05) is 11.1 Å². The van der Waals surface area contributed by atoms with Crippen molar-refractivity contribution < 1.29 is 4.79 Å². The number of hydrogen-bond acceptors (Lipinski definition) is 6. The number of hydrogen-bond donors (Lipinski definition) is 2. The van der Waals surface area contributed by atoms with E-state index in [9.17, 15) is 9.59 Å². The lowest BCUT2D eigenvalue weighted by atomic mass is 9.70. The molecule has 0 fully saturated rings. The lowest BCUT2D eigenvalue weighted by Crippen LogP contribution is -2.37. The van der Waals surface area contributed by atoms with Crippen molar-refractivity contribution in [1.29, 1.82) is 0 Å². The normalized spacial score (nSPS) is 20.7. The van der Waals surface area contributed by atoms with Crippen LogP contribution in [-0.2, 0) is 4.79 Å². The SMILES string of the molecule is CCSc1nc2c(c(=O)[nH]1)[C@H](c1ccccn1)C1=C(CC(C)(C)CC1=O)N2. The maximum atomic E-state index is 13.1. The molecule has 0 spiro atoms. The molecule has 0 saturated carbocycles. The van der Waals surface area contributed by atoms with Gasteiger partial charge in [-0.1, -0.05) is 38.6 Å². The van der Waals surface area contributed by atoms with Crippen LogP contribution in [0.5, 0.6) is 0 Å². The lowest BCUT2D eigenvalue weighted by Gasteiger charge is -2.38. The van der Waals surface area contributed by atoms with Gasteiger partial charge in [-0.05, 0) is 29.7 Å². The molecule has 0 unspecified atom stereocenters. The van der Waals surface area contributed by atoms with Crippen LogP contribution in [0.25, 0.3) is 0 Å². The summed E-state index contributed by atoms with van der Waals surface area (Å²) in [4.78, 5) is 37.9. The van der Waals surface area contributed by atoms with E-state index < -0.39 is 5.92 Å². The van der Waals surface area contributed by atoms with Crippen LogP contribution in [0.15, 0.2) is 45.6 Å². The summed E-state index contributed by atoms with van der Waals surface area (Å²) in [6.07, 6.45) is 2.89. The molecule has 4 rings (SSSR count). The van der Waals surface area contributed by atoms with Crippen molar-refractivity contribution in [3.63, 3.8) is 0 Å². The van der Waals surface area contributed by atoms with Gasteiger partial charge in [0.1, 0.15) is 5.82 Å². The Morgan fingerprint density at radius 3 is 2.78 bits per heavy atom. The standard InChI is InChI=1S/C20H22N4O2S/c1-4-27-19-23-17-16(18(26)24-19)15(11-7-5-6-8-21-11)14-12(22-17)9-20(2,3)10-13(14)25/h5-8,15H,4,9-10H2,1-3H3,(H2,22,23,24,26)/t15-/m1/s1. The summed E-state index contributed by atoms with van der Waals surface area (Å²) in [5.74, 6) is 0.930. The number of nitrogens with zero attached hydrogens (tertiary/aromatic N) is 2. The number of nitrogens with one attached hydrogen (secondary N) is 2. The summed E-state index contributed by atoms with van der Waals surface area (Å²) < 4.78 is 0. The van der Waals surface area contributed by atoms with Gasteiger partial charge in [0.2, 0.25) is 0 Å². The topological polar surface area (TPSA) is 87.7 Å². The molecule has 0 radical (unpaired) electrons. The van der Waals surface area contributed by atoms with E-state index in [2.05, 4.69) is 34.1 Å². The fourth-order valence-electron chi connectivity index (χ4n) is 3.94. The third kappa shape index (κ3) is 3.20. The lowest BCUT2D eigenvalue weighted by molar-refractivity contribution is -0.118. The zero-order valence-electron chi connectivity index (χ0n) is 15.6. The predicted molar refractivity (Wildman–Crippen MR) is 106 cm³/mol. The maximum absolute atomic E-state index is 13.1. The zero-order valence-corrected chi connectivity index (χ0v) is 16.4. The van der Waals surface area contributed by atoms with Gasteiger partial charge >= 0.3 is 0 Å². The van der Waals surface area contributed by atoms with Gasteiger partial charge in [-0.2, -0.15) is 0 Å². The second-order valence-corrected chi connectivity index (χ2v) is 8.96. The molecule has 0 aromatic carbocycles. The monoisotopic (exact) mass is 382 g/mol. The summed E-state index contributed by atoms with van der Waals surface area (Å²) in [6.45, 7) is 6.19. The van der Waals surface area contributed by atoms with E-state index in [1.807, 2.05) is 25.1 Å². The molecule has 2 aromatic heterocycles. The quantitative estimate of drug-likeness (QED) is 0.624. The fourth-order valence-corrected chi connectivity index (χ4v) is 4.53. The largest absolute Gasteiger partial charge is 0.343 e. The highest BCUT2D eigenvalue weighted by Crippen LogP contribution is 2.47. The number of pyridine rings is 1. The van der Waals surface area contributed by atoms with Gasteiger partial charge in [0, 0.05) is 23.9 Å². The first-order valence-electron chi connectivity index (χ1n) is 9.11. The van der Waals surface area contributed by atoms with Gasteiger partial charge < -0.3 is 10.3 Å². The van der Waals surface area contributed by atoms with Crippen LogP contribution >= 0.6 is 11.8 Å². The number of aromatic amines is 1. The summed E-state index contributed by atoms with van der Waals surface area (Å²) in [6, 6.07) is 5.58. The Hall–Kier alpha value is -2.41. The third-order valence-corrected chi connectivity index (χ3v) is 5.72. The zero-order chi connectivity index (χ0) is 19.2. The number of ketones is 1. The van der Waals surface area contributed by atoms with E-state index >= 15 is 0 Å². The Morgan fingerprint density at radius 1 is 1.26 bits per heavy atom. The Balaban J connectivity index is 1.95. The average molecular weight is 382 g/mol. The number of aromatic nitrogens is 3. The van der Waals surface area contributed by atoms with Crippen LogP contribution in [0.3, 0.4) is 0 Å². The highest BCUT2D eigenvalue weighted by atomic mass is 32.2. The predicted octanol–water partition coefficient (Wildman–Crippen LogP) is 3.48. The van der Waals surface area contributed by atoms with Crippen molar-refractivity contribution in [2.45, 2.75) is 44.7 Å². The van der Waals surface area contributed by atoms with E-state index in [4.69, 9.17) is 0 Å². The van der Waals surface area contributed by atoms with Gasteiger partial charge in [0.25, 0.3) is 5.56 Å². The Morgan fingerprint density at radius 2 is 2.07 bits per heavy atom. The smallest absolute Gasteiger partial charge is 0.257 e. The fraction of sp³-hybridized carbons (Fsp3) is 0.400. The molecule has 1 aliphatic carbocycles. The minimum atomic E-state index is -0.488. The second-order valence-electron chi connectivity index (χ2n) is 7.71. The molecular formula is C20H22N4O2S. The maximum Gasteiger partial charge on any atom is 0.257 e. The average Bonchev–Trinajstić information content (AvgIpc) is 2.60. The third-order valence-electron chi connectivity index (χ3n) is 4.96. The van der Waals surface area contributed by atoms with E-state index in [0.717, 1.165) is 17.9 Å². The van der Waals surface area contributed by atoms with E-state index in [1.54, 1.807) is 6.20 Å². The van der Waals surface area contributed by atoms with Crippen LogP contribution in [0.4, 0.5) is 5.82 Å². The molecule has 2 aliphatic rings. The number of Topliss-reactive ketones (excluding diaryl/α,β-unsaturated/α-hetero) is 1. The summed E-state index contributed by atoms with van der Waals surface area (Å²) in [7, 11) is 0. The molecule has 0 saturated heterocycles. The van der Waals surface area contributed by atoms with Crippen LogP contribution < -0.4 is 10.9 Å². The van der Waals surface area contributed by atoms with Crippen molar-refractivity contribution in [1.82, 2.24) is 15.0 Å². The number of carbonyl (C=O) groups is 1. The van der Waals surface area contributed by atoms with Gasteiger partial charge in [-0.3, -0.25) is 14.6 Å². The molecule has 2 N–H and O–H groups in total. The van der Waals surface area contributed by atoms with Crippen molar-refractivity contribution >= 4 is 23.4 Å². The number of carbonyl (C=O) groups excluding carboxylic acids is 1. The molecular weight excluding hydrogens is 360 g/mol. The highest BCUT2D eigenvalue weighted by Gasteiger charge is 2.42. The number of anilines is 1. The molecule has 2 aromatic rings. The number of allylic oxidation sites excluding steroid dienone is 2. The van der Waals surface area contributed by atoms with E-state index in [-0.39, 0.29) is 16.8 Å². The molecule has 7 heteroatoms. The minimum absolute atomic E-state index is 0.0708. The van der Waals surface area contributed by atoms with Crippen LogP contribution in [0, 0.1) is 5.41 Å². The summed E-state index contributed by atoms with van der Waals surface area (Å²) in [5, 5.41) is 3.89. The number of fused-ring (bicyclic) bond motifs is 1. The van der Waals surface area contributed by atoms with Gasteiger partial charge in [-0.25, -0.2) is 4.98 Å². The second kappa shape index (κ2) is 6.64. The first-order valence-corrected chi connectivity index (χ1v) is 10.1. The van der Waals surface area contributed by atoms with Crippen LogP contribution in [0.1, 0.15) is 50.8 Å². The Bertz CT molecular complexity index is 995. The first kappa shape index (κ1) is 18.0. The van der Waals surface area contributed by atoms with Crippen molar-refractivity contribution in [3.05, 3.63) is 57.3 Å². The van der Waals surface area contributed by atoms with Gasteiger partial charge in [0.05, 0.1) is 17.2 Å². The Kier molecular flexibility index (Phi) is 4.42. The molecule has 0 amide bonds. The van der Waals surface area contributed by atoms with Gasteiger partial charge in [0.15, 0.2) is 10.9 Å². The van der Waals surface area contributed by atoms with Crippen molar-refractivity contribution in [3.8, 4) is 0 Å². The molecule has 6 nitrogen and oxygen atoms in total. The van der Waals surface area contributed by atoms with Crippen molar-refractivity contribution in [2.24, 2.45) is 5.41 Å². The molecule has 140 valence electrons. The highest BCUT2D eigenvalue weighted by molar-refractivity contribution is 7.99. The molecule has 1 aliphatic heterocycles. The number of rotatable bonds is 3. The minimum Gasteiger partial charge on any atom is -0.343 e. The number of H-pyrrole nitrogens is 1. The molecule has 0 bridgehead atoms. The van der Waals surface area contributed by atoms with Crippen LogP contribution in [0.2, 0.25) is 0 Å². The number of thioether (sulfide) groups is 1. The summed E-state index contributed by atoms with van der Waals surface area (Å²) >= 11 is 1.48. The molecule has 1 atom stereocenters. The molecule has 3 heterocycles. The Labute approximate surface area is 161 Å².